The van der Waals surface area contributed by atoms with Crippen molar-refractivity contribution in [2.24, 2.45) is 0 Å². The summed E-state index contributed by atoms with van der Waals surface area (Å²) in [5.74, 6) is 0.598. The van der Waals surface area contributed by atoms with Crippen molar-refractivity contribution in [1.82, 2.24) is 9.97 Å². The highest BCUT2D eigenvalue weighted by molar-refractivity contribution is 7.09. The number of hydrogen-bond donors (Lipinski definition) is 0. The molecule has 6 heteroatoms. The molecular formula is C12H11ClN4S. The van der Waals surface area contributed by atoms with E-state index >= 15 is 0 Å². The molecular weight excluding hydrogens is 268 g/mol. The molecule has 2 rings (SSSR count). The molecule has 0 N–H and O–H groups in total. The second-order valence-corrected chi connectivity index (χ2v) is 5.26. The van der Waals surface area contributed by atoms with Crippen LogP contribution in [0.2, 0.25) is 5.02 Å². The standard InChI is InChI=1S/C12H11ClN4S/c1-8-16-10(7-18-8)6-17(2)12-11(13)9(5-14)3-4-15-12/h3-4,7H,6H2,1-2H3. The second kappa shape index (κ2) is 5.34. The third-order valence-corrected chi connectivity index (χ3v) is 3.61. The first-order valence-corrected chi connectivity index (χ1v) is 6.54. The first-order valence-electron chi connectivity index (χ1n) is 5.28. The highest BCUT2D eigenvalue weighted by Crippen LogP contribution is 2.26. The highest BCUT2D eigenvalue weighted by atomic mass is 35.5. The zero-order valence-electron chi connectivity index (χ0n) is 10.0. The maximum absolute atomic E-state index is 8.93. The van der Waals surface area contributed by atoms with Crippen LogP contribution in [-0.4, -0.2) is 17.0 Å². The fourth-order valence-corrected chi connectivity index (χ4v) is 2.49. The van der Waals surface area contributed by atoms with Crippen LogP contribution in [0.15, 0.2) is 17.6 Å². The summed E-state index contributed by atoms with van der Waals surface area (Å²) in [5, 5.41) is 12.3. The maximum atomic E-state index is 8.93. The van der Waals surface area contributed by atoms with E-state index in [9.17, 15) is 0 Å². The Morgan fingerprint density at radius 3 is 2.94 bits per heavy atom. The van der Waals surface area contributed by atoms with Crippen LogP contribution >= 0.6 is 22.9 Å². The van der Waals surface area contributed by atoms with Crippen molar-refractivity contribution < 1.29 is 0 Å². The van der Waals surface area contributed by atoms with Crippen LogP contribution in [-0.2, 0) is 6.54 Å². The Balaban J connectivity index is 2.24. The lowest BCUT2D eigenvalue weighted by atomic mass is 10.2. The minimum Gasteiger partial charge on any atom is -0.352 e. The van der Waals surface area contributed by atoms with E-state index in [0.717, 1.165) is 10.7 Å². The number of aromatic nitrogens is 2. The molecule has 18 heavy (non-hydrogen) atoms. The number of rotatable bonds is 3. The molecule has 0 unspecified atom stereocenters. The molecule has 0 fully saturated rings. The number of thiazole rings is 1. The van der Waals surface area contributed by atoms with E-state index in [2.05, 4.69) is 9.97 Å². The lowest BCUT2D eigenvalue weighted by Gasteiger charge is -2.18. The summed E-state index contributed by atoms with van der Waals surface area (Å²) in [6.07, 6.45) is 1.59. The van der Waals surface area contributed by atoms with Gasteiger partial charge in [0.05, 0.1) is 22.8 Å². The topological polar surface area (TPSA) is 52.8 Å². The molecule has 0 aromatic carbocycles. The van der Waals surface area contributed by atoms with Gasteiger partial charge in [-0.25, -0.2) is 9.97 Å². The number of aryl methyl sites for hydroxylation is 1. The minimum absolute atomic E-state index is 0.384. The monoisotopic (exact) mass is 278 g/mol. The minimum atomic E-state index is 0.384. The molecule has 92 valence electrons. The SMILES string of the molecule is Cc1nc(CN(C)c2nccc(C#N)c2Cl)cs1. The van der Waals surface area contributed by atoms with Gasteiger partial charge in [-0.15, -0.1) is 11.3 Å². The van der Waals surface area contributed by atoms with Crippen molar-refractivity contribution in [3.8, 4) is 6.07 Å². The van der Waals surface area contributed by atoms with Crippen molar-refractivity contribution >= 4 is 28.8 Å². The number of hydrogen-bond acceptors (Lipinski definition) is 5. The third-order valence-electron chi connectivity index (χ3n) is 2.42. The van der Waals surface area contributed by atoms with Gasteiger partial charge in [-0.05, 0) is 13.0 Å². The smallest absolute Gasteiger partial charge is 0.148 e. The van der Waals surface area contributed by atoms with E-state index < -0.39 is 0 Å². The van der Waals surface area contributed by atoms with E-state index in [4.69, 9.17) is 16.9 Å². The van der Waals surface area contributed by atoms with E-state index in [1.165, 1.54) is 0 Å². The largest absolute Gasteiger partial charge is 0.352 e. The zero-order chi connectivity index (χ0) is 13.1. The van der Waals surface area contributed by atoms with Gasteiger partial charge in [0.15, 0.2) is 0 Å². The lowest BCUT2D eigenvalue weighted by Crippen LogP contribution is -2.18. The molecule has 0 aliphatic rings. The molecule has 0 aliphatic carbocycles. The predicted molar refractivity (Wildman–Crippen MR) is 72.9 cm³/mol. The van der Waals surface area contributed by atoms with Gasteiger partial charge in [-0.3, -0.25) is 0 Å². The normalized spacial score (nSPS) is 10.1. The van der Waals surface area contributed by atoms with Crippen LogP contribution in [0.4, 0.5) is 5.82 Å². The Morgan fingerprint density at radius 2 is 2.33 bits per heavy atom. The summed E-state index contributed by atoms with van der Waals surface area (Å²) in [5.41, 5.74) is 1.41. The van der Waals surface area contributed by atoms with Gasteiger partial charge < -0.3 is 4.90 Å². The van der Waals surface area contributed by atoms with E-state index in [1.54, 1.807) is 23.6 Å². The van der Waals surface area contributed by atoms with Crippen LogP contribution < -0.4 is 4.90 Å². The van der Waals surface area contributed by atoms with E-state index in [0.29, 0.717) is 22.9 Å². The summed E-state index contributed by atoms with van der Waals surface area (Å²) in [6, 6.07) is 3.65. The molecule has 0 saturated heterocycles. The molecule has 0 bridgehead atoms. The second-order valence-electron chi connectivity index (χ2n) is 3.82. The molecule has 4 nitrogen and oxygen atoms in total. The van der Waals surface area contributed by atoms with E-state index in [1.807, 2.05) is 30.3 Å². The molecule has 2 aromatic heterocycles. The zero-order valence-corrected chi connectivity index (χ0v) is 11.6. The number of halogens is 1. The highest BCUT2D eigenvalue weighted by Gasteiger charge is 2.12. The third kappa shape index (κ3) is 2.61. The average Bonchev–Trinajstić information content (AvgIpc) is 2.75. The first kappa shape index (κ1) is 12.8. The van der Waals surface area contributed by atoms with Crippen molar-refractivity contribution in [3.63, 3.8) is 0 Å². The Morgan fingerprint density at radius 1 is 1.56 bits per heavy atom. The first-order chi connectivity index (χ1) is 8.61. The van der Waals surface area contributed by atoms with Gasteiger partial charge in [0.25, 0.3) is 0 Å². The molecule has 0 saturated carbocycles. The van der Waals surface area contributed by atoms with Gasteiger partial charge in [-0.2, -0.15) is 5.26 Å². The number of anilines is 1. The molecule has 2 heterocycles. The van der Waals surface area contributed by atoms with Gasteiger partial charge in [0.1, 0.15) is 16.9 Å². The molecule has 0 atom stereocenters. The van der Waals surface area contributed by atoms with E-state index in [-0.39, 0.29) is 0 Å². The Bertz CT molecular complexity index is 602. The van der Waals surface area contributed by atoms with Gasteiger partial charge >= 0.3 is 0 Å². The predicted octanol–water partition coefficient (Wildman–Crippen LogP) is 3.01. The van der Waals surface area contributed by atoms with Crippen molar-refractivity contribution in [2.45, 2.75) is 13.5 Å². The fraction of sp³-hybridized carbons (Fsp3) is 0.250. The Labute approximate surface area is 114 Å². The molecule has 2 aromatic rings. The summed E-state index contributed by atoms with van der Waals surface area (Å²) in [7, 11) is 1.88. The average molecular weight is 279 g/mol. The van der Waals surface area contributed by atoms with Gasteiger partial charge in [0.2, 0.25) is 0 Å². The van der Waals surface area contributed by atoms with Crippen LogP contribution in [0, 0.1) is 18.3 Å². The summed E-state index contributed by atoms with van der Waals surface area (Å²) in [4.78, 5) is 10.5. The number of pyridine rings is 1. The van der Waals surface area contributed by atoms with Crippen LogP contribution in [0.5, 0.6) is 0 Å². The van der Waals surface area contributed by atoms with Gasteiger partial charge in [0, 0.05) is 18.6 Å². The molecule has 0 amide bonds. The number of nitrogens with zero attached hydrogens (tertiary/aromatic N) is 4. The Hall–Kier alpha value is -1.64. The maximum Gasteiger partial charge on any atom is 0.148 e. The summed E-state index contributed by atoms with van der Waals surface area (Å²) >= 11 is 7.74. The molecule has 0 spiro atoms. The van der Waals surface area contributed by atoms with Crippen LogP contribution in [0.1, 0.15) is 16.3 Å². The van der Waals surface area contributed by atoms with Crippen molar-refractivity contribution in [2.75, 3.05) is 11.9 Å². The molecule has 0 radical (unpaired) electrons. The van der Waals surface area contributed by atoms with Crippen LogP contribution in [0.25, 0.3) is 0 Å². The fourth-order valence-electron chi connectivity index (χ4n) is 1.58. The quantitative estimate of drug-likeness (QED) is 0.866. The van der Waals surface area contributed by atoms with Crippen molar-refractivity contribution in [1.29, 1.82) is 5.26 Å². The molecule has 0 aliphatic heterocycles. The van der Waals surface area contributed by atoms with Gasteiger partial charge in [-0.1, -0.05) is 11.6 Å². The number of nitriles is 1. The Kier molecular flexibility index (Phi) is 3.80. The van der Waals surface area contributed by atoms with Crippen molar-refractivity contribution in [3.05, 3.63) is 38.9 Å². The summed E-state index contributed by atoms with van der Waals surface area (Å²) in [6.45, 7) is 2.58. The lowest BCUT2D eigenvalue weighted by molar-refractivity contribution is 0.870. The van der Waals surface area contributed by atoms with Crippen LogP contribution in [0.3, 0.4) is 0 Å². The summed E-state index contributed by atoms with van der Waals surface area (Å²) < 4.78 is 0.